The Morgan fingerprint density at radius 2 is 1.60 bits per heavy atom. The lowest BCUT2D eigenvalue weighted by molar-refractivity contribution is -0.385. The smallest absolute Gasteiger partial charge is 0.282 e. The van der Waals surface area contributed by atoms with E-state index in [9.17, 15) is 19.7 Å². The summed E-state index contributed by atoms with van der Waals surface area (Å²) in [6.45, 7) is 0.376. The maximum Gasteiger partial charge on any atom is 0.282 e. The fraction of sp³-hybridized carbons (Fsp3) is 0.115. The molecule has 0 atom stereocenters. The number of nitrogens with zero attached hydrogens (tertiary/aromatic N) is 5. The fourth-order valence-corrected chi connectivity index (χ4v) is 4.26. The van der Waals surface area contributed by atoms with E-state index in [0.29, 0.717) is 6.54 Å². The van der Waals surface area contributed by atoms with Gasteiger partial charge in [-0.05, 0) is 25.2 Å². The fourth-order valence-electron chi connectivity index (χ4n) is 4.26. The van der Waals surface area contributed by atoms with Crippen molar-refractivity contribution in [3.05, 3.63) is 112 Å². The molecule has 1 aliphatic heterocycles. The second-order valence-electron chi connectivity index (χ2n) is 8.30. The molecule has 0 unspecified atom stereocenters. The van der Waals surface area contributed by atoms with Gasteiger partial charge in [0.15, 0.2) is 0 Å². The lowest BCUT2D eigenvalue weighted by atomic mass is 10.1. The number of nitro groups is 1. The van der Waals surface area contributed by atoms with Crippen LogP contribution >= 0.6 is 0 Å². The molecular weight excluding hydrogens is 446 g/mol. The number of carbonyl (C=O) groups excluding carboxylic acids is 2. The van der Waals surface area contributed by atoms with Gasteiger partial charge in [0.2, 0.25) is 0 Å². The van der Waals surface area contributed by atoms with Crippen LogP contribution in [0.1, 0.15) is 26.3 Å². The van der Waals surface area contributed by atoms with E-state index >= 15 is 0 Å². The third kappa shape index (κ3) is 4.09. The molecule has 9 heteroatoms. The number of rotatable bonds is 7. The van der Waals surface area contributed by atoms with Gasteiger partial charge in [0.05, 0.1) is 28.5 Å². The molecule has 2 heterocycles. The van der Waals surface area contributed by atoms with E-state index in [1.165, 1.54) is 18.2 Å². The molecule has 0 aliphatic carbocycles. The van der Waals surface area contributed by atoms with Gasteiger partial charge in [-0.3, -0.25) is 29.5 Å². The summed E-state index contributed by atoms with van der Waals surface area (Å²) in [6.07, 6.45) is 1.93. The first-order valence-electron chi connectivity index (χ1n) is 11.0. The summed E-state index contributed by atoms with van der Waals surface area (Å²) in [5.41, 5.74) is 3.09. The number of hydrogen-bond acceptors (Lipinski definition) is 6. The summed E-state index contributed by atoms with van der Waals surface area (Å²) < 4.78 is 1.80. The van der Waals surface area contributed by atoms with Crippen molar-refractivity contribution in [1.29, 1.82) is 0 Å². The number of hydrogen-bond donors (Lipinski definition) is 0. The van der Waals surface area contributed by atoms with Crippen molar-refractivity contribution in [2.24, 2.45) is 0 Å². The second kappa shape index (κ2) is 8.96. The molecule has 0 bridgehead atoms. The van der Waals surface area contributed by atoms with Gasteiger partial charge < -0.3 is 0 Å². The van der Waals surface area contributed by atoms with Crippen LogP contribution in [0.3, 0.4) is 0 Å². The third-order valence-corrected chi connectivity index (χ3v) is 5.85. The van der Waals surface area contributed by atoms with Crippen LogP contribution in [0.15, 0.2) is 85.1 Å². The number of imide groups is 1. The average Bonchev–Trinajstić information content (AvgIpc) is 3.40. The van der Waals surface area contributed by atoms with Crippen molar-refractivity contribution in [1.82, 2.24) is 19.6 Å². The van der Waals surface area contributed by atoms with Crippen molar-refractivity contribution in [2.45, 2.75) is 6.54 Å². The standard InChI is InChI=1S/C26H21N5O4/c1-28(17-29-25(32)21-13-8-14-22(31(34)35)23(21)26(29)33)15-19-16-30(20-11-6-3-7-12-20)27-24(19)18-9-4-2-5-10-18/h2-14,16H,15,17H2,1H3. The van der Waals surface area contributed by atoms with Crippen LogP contribution in [0.2, 0.25) is 0 Å². The molecule has 2 amide bonds. The highest BCUT2D eigenvalue weighted by Crippen LogP contribution is 2.31. The molecule has 3 aromatic carbocycles. The number of amides is 2. The van der Waals surface area contributed by atoms with Crippen LogP contribution in [-0.2, 0) is 6.54 Å². The van der Waals surface area contributed by atoms with Crippen molar-refractivity contribution in [3.8, 4) is 16.9 Å². The summed E-state index contributed by atoms with van der Waals surface area (Å²) in [6, 6.07) is 23.6. The Kier molecular flexibility index (Phi) is 5.68. The summed E-state index contributed by atoms with van der Waals surface area (Å²) >= 11 is 0. The van der Waals surface area contributed by atoms with Crippen LogP contribution < -0.4 is 0 Å². The summed E-state index contributed by atoms with van der Waals surface area (Å²) in [7, 11) is 1.78. The van der Waals surface area contributed by atoms with E-state index < -0.39 is 16.7 Å². The van der Waals surface area contributed by atoms with Gasteiger partial charge in [0.25, 0.3) is 17.5 Å². The van der Waals surface area contributed by atoms with Gasteiger partial charge in [-0.25, -0.2) is 4.68 Å². The summed E-state index contributed by atoms with van der Waals surface area (Å²) in [4.78, 5) is 39.4. The molecule has 9 nitrogen and oxygen atoms in total. The quantitative estimate of drug-likeness (QED) is 0.230. The van der Waals surface area contributed by atoms with Crippen LogP contribution in [0.4, 0.5) is 5.69 Å². The molecule has 5 rings (SSSR count). The molecular formula is C26H21N5O4. The van der Waals surface area contributed by atoms with Crippen molar-refractivity contribution in [3.63, 3.8) is 0 Å². The molecule has 0 saturated heterocycles. The Hall–Kier alpha value is -4.63. The molecule has 174 valence electrons. The highest BCUT2D eigenvalue weighted by molar-refractivity contribution is 6.23. The molecule has 0 spiro atoms. The monoisotopic (exact) mass is 467 g/mol. The van der Waals surface area contributed by atoms with Crippen molar-refractivity contribution in [2.75, 3.05) is 13.7 Å². The Balaban J connectivity index is 1.42. The van der Waals surface area contributed by atoms with Gasteiger partial charge in [-0.2, -0.15) is 5.10 Å². The Labute approximate surface area is 201 Å². The lowest BCUT2D eigenvalue weighted by Gasteiger charge is -2.22. The minimum atomic E-state index is -0.660. The summed E-state index contributed by atoms with van der Waals surface area (Å²) in [5.74, 6) is -1.20. The number of nitro benzene ring substituents is 1. The average molecular weight is 467 g/mol. The molecule has 35 heavy (non-hydrogen) atoms. The number of benzene rings is 3. The zero-order chi connectivity index (χ0) is 24.5. The number of carbonyl (C=O) groups is 2. The van der Waals surface area contributed by atoms with Gasteiger partial charge in [-0.15, -0.1) is 0 Å². The van der Waals surface area contributed by atoms with Gasteiger partial charge in [0, 0.05) is 29.9 Å². The molecule has 1 aromatic heterocycles. The van der Waals surface area contributed by atoms with Gasteiger partial charge in [0.1, 0.15) is 5.56 Å². The van der Waals surface area contributed by atoms with Crippen LogP contribution in [0.25, 0.3) is 16.9 Å². The van der Waals surface area contributed by atoms with E-state index in [-0.39, 0.29) is 23.5 Å². The number of para-hydroxylation sites is 1. The van der Waals surface area contributed by atoms with E-state index in [2.05, 4.69) is 0 Å². The van der Waals surface area contributed by atoms with Crippen LogP contribution in [0, 0.1) is 10.1 Å². The predicted octanol–water partition coefficient (Wildman–Crippen LogP) is 4.13. The first kappa shape index (κ1) is 22.2. The molecule has 0 saturated carbocycles. The molecule has 0 radical (unpaired) electrons. The molecule has 0 N–H and O–H groups in total. The van der Waals surface area contributed by atoms with E-state index in [1.54, 1.807) is 11.7 Å². The third-order valence-electron chi connectivity index (χ3n) is 5.85. The first-order valence-corrected chi connectivity index (χ1v) is 11.0. The zero-order valence-electron chi connectivity index (χ0n) is 18.9. The molecule has 4 aromatic rings. The van der Waals surface area contributed by atoms with E-state index in [4.69, 9.17) is 5.10 Å². The molecule has 1 aliphatic rings. The number of fused-ring (bicyclic) bond motifs is 1. The van der Waals surface area contributed by atoms with Gasteiger partial charge >= 0.3 is 0 Å². The minimum Gasteiger partial charge on any atom is -0.284 e. The SMILES string of the molecule is CN(Cc1cn(-c2ccccc2)nc1-c1ccccc1)CN1C(=O)c2cccc([N+](=O)[O-])c2C1=O. The largest absolute Gasteiger partial charge is 0.284 e. The number of aromatic nitrogens is 2. The van der Waals surface area contributed by atoms with E-state index in [0.717, 1.165) is 27.4 Å². The Bertz CT molecular complexity index is 1430. The normalized spacial score (nSPS) is 12.9. The first-order chi connectivity index (χ1) is 16.9. The topological polar surface area (TPSA) is 102 Å². The predicted molar refractivity (Wildman–Crippen MR) is 129 cm³/mol. The van der Waals surface area contributed by atoms with Crippen LogP contribution in [-0.4, -0.2) is 50.0 Å². The van der Waals surface area contributed by atoms with Crippen molar-refractivity contribution < 1.29 is 14.5 Å². The second-order valence-corrected chi connectivity index (χ2v) is 8.30. The summed E-state index contributed by atoms with van der Waals surface area (Å²) in [5, 5.41) is 16.2. The highest BCUT2D eigenvalue weighted by Gasteiger charge is 2.41. The maximum absolute atomic E-state index is 13.0. The van der Waals surface area contributed by atoms with Gasteiger partial charge in [-0.1, -0.05) is 54.6 Å². The highest BCUT2D eigenvalue weighted by atomic mass is 16.6. The Morgan fingerprint density at radius 3 is 2.29 bits per heavy atom. The maximum atomic E-state index is 13.0. The lowest BCUT2D eigenvalue weighted by Crippen LogP contribution is -2.39. The van der Waals surface area contributed by atoms with Crippen molar-refractivity contribution >= 4 is 17.5 Å². The van der Waals surface area contributed by atoms with E-state index in [1.807, 2.05) is 71.8 Å². The molecule has 0 fully saturated rings. The minimum absolute atomic E-state index is 0.0196. The zero-order valence-corrected chi connectivity index (χ0v) is 18.9. The Morgan fingerprint density at radius 1 is 0.914 bits per heavy atom. The van der Waals surface area contributed by atoms with Crippen LogP contribution in [0.5, 0.6) is 0 Å².